The van der Waals surface area contributed by atoms with E-state index in [0.29, 0.717) is 10.0 Å². The van der Waals surface area contributed by atoms with Gasteiger partial charge in [-0.05, 0) is 48.2 Å². The Balaban J connectivity index is 3.15. The SMILES string of the molecule is CC[Si](CC)(CC)OC(CNCC(C)(C)C)c1c(Cl)cc(C)cc1Cl. The van der Waals surface area contributed by atoms with Gasteiger partial charge in [-0.15, -0.1) is 0 Å². The topological polar surface area (TPSA) is 21.3 Å². The first kappa shape index (κ1) is 23.0. The van der Waals surface area contributed by atoms with E-state index in [1.54, 1.807) is 0 Å². The van der Waals surface area contributed by atoms with Crippen LogP contribution in [0.1, 0.15) is 58.8 Å². The molecule has 0 heterocycles. The second-order valence-corrected chi connectivity index (χ2v) is 13.7. The molecule has 5 heteroatoms. The predicted octanol–water partition coefficient (Wildman–Crippen LogP) is 7.00. The molecular formula is C20H35Cl2NOSi. The van der Waals surface area contributed by atoms with Crippen molar-refractivity contribution in [1.82, 2.24) is 5.32 Å². The highest BCUT2D eigenvalue weighted by Crippen LogP contribution is 2.37. The van der Waals surface area contributed by atoms with Crippen molar-refractivity contribution in [3.8, 4) is 0 Å². The molecule has 0 saturated heterocycles. The van der Waals surface area contributed by atoms with Crippen LogP contribution in [0.4, 0.5) is 0 Å². The molecule has 144 valence electrons. The Hall–Kier alpha value is -0.0631. The van der Waals surface area contributed by atoms with Crippen LogP contribution in [0, 0.1) is 12.3 Å². The van der Waals surface area contributed by atoms with Gasteiger partial charge in [-0.25, -0.2) is 0 Å². The lowest BCUT2D eigenvalue weighted by atomic mass is 9.97. The van der Waals surface area contributed by atoms with Crippen LogP contribution in [-0.2, 0) is 4.43 Å². The molecule has 0 aromatic heterocycles. The lowest BCUT2D eigenvalue weighted by molar-refractivity contribution is 0.181. The van der Waals surface area contributed by atoms with Gasteiger partial charge >= 0.3 is 0 Å². The molecular weight excluding hydrogens is 369 g/mol. The van der Waals surface area contributed by atoms with Crippen LogP contribution in [-0.4, -0.2) is 21.4 Å². The largest absolute Gasteiger partial charge is 0.409 e. The van der Waals surface area contributed by atoms with E-state index in [9.17, 15) is 0 Å². The molecule has 0 bridgehead atoms. The van der Waals surface area contributed by atoms with Gasteiger partial charge in [-0.3, -0.25) is 0 Å². The zero-order valence-corrected chi connectivity index (χ0v) is 19.4. The van der Waals surface area contributed by atoms with E-state index in [0.717, 1.165) is 42.3 Å². The van der Waals surface area contributed by atoms with Gasteiger partial charge in [0.1, 0.15) is 0 Å². The highest BCUT2D eigenvalue weighted by Gasteiger charge is 2.34. The van der Waals surface area contributed by atoms with E-state index < -0.39 is 8.32 Å². The smallest absolute Gasteiger partial charge is 0.192 e. The van der Waals surface area contributed by atoms with Gasteiger partial charge in [0.05, 0.1) is 6.10 Å². The lowest BCUT2D eigenvalue weighted by Gasteiger charge is -2.35. The van der Waals surface area contributed by atoms with E-state index in [1.807, 2.05) is 19.1 Å². The molecule has 0 spiro atoms. The van der Waals surface area contributed by atoms with Crippen molar-refractivity contribution in [3.63, 3.8) is 0 Å². The van der Waals surface area contributed by atoms with Gasteiger partial charge in [0.2, 0.25) is 0 Å². The number of halogens is 2. The molecule has 0 aliphatic heterocycles. The molecule has 1 aromatic carbocycles. The number of nitrogens with one attached hydrogen (secondary N) is 1. The molecule has 0 fully saturated rings. The first-order valence-electron chi connectivity index (χ1n) is 9.41. The van der Waals surface area contributed by atoms with Gasteiger partial charge in [0.25, 0.3) is 0 Å². The summed E-state index contributed by atoms with van der Waals surface area (Å²) in [5.74, 6) is 0. The van der Waals surface area contributed by atoms with Crippen molar-refractivity contribution in [2.45, 2.75) is 72.7 Å². The number of benzene rings is 1. The van der Waals surface area contributed by atoms with Crippen molar-refractivity contribution >= 4 is 31.5 Å². The summed E-state index contributed by atoms with van der Waals surface area (Å²) in [6.45, 7) is 17.1. The van der Waals surface area contributed by atoms with Gasteiger partial charge in [-0.1, -0.05) is 64.7 Å². The molecule has 1 atom stereocenters. The zero-order valence-electron chi connectivity index (χ0n) is 16.9. The van der Waals surface area contributed by atoms with Crippen molar-refractivity contribution in [2.75, 3.05) is 13.1 Å². The Bertz CT molecular complexity index is 522. The fraction of sp³-hybridized carbons (Fsp3) is 0.700. The Kier molecular flexibility index (Phi) is 8.96. The van der Waals surface area contributed by atoms with Gasteiger partial charge in [0.15, 0.2) is 8.32 Å². The minimum Gasteiger partial charge on any atom is -0.409 e. The normalized spacial score (nSPS) is 14.0. The van der Waals surface area contributed by atoms with Gasteiger partial charge < -0.3 is 9.74 Å². The number of hydrogen-bond acceptors (Lipinski definition) is 2. The monoisotopic (exact) mass is 403 g/mol. The second-order valence-electron chi connectivity index (χ2n) is 8.18. The van der Waals surface area contributed by atoms with Crippen LogP contribution >= 0.6 is 23.2 Å². The number of aryl methyl sites for hydroxylation is 1. The summed E-state index contributed by atoms with van der Waals surface area (Å²) in [7, 11) is -1.78. The fourth-order valence-electron chi connectivity index (χ4n) is 3.10. The molecule has 0 aliphatic carbocycles. The van der Waals surface area contributed by atoms with Crippen molar-refractivity contribution in [3.05, 3.63) is 33.3 Å². The van der Waals surface area contributed by atoms with E-state index in [4.69, 9.17) is 27.6 Å². The summed E-state index contributed by atoms with van der Waals surface area (Å²) in [5, 5.41) is 4.98. The summed E-state index contributed by atoms with van der Waals surface area (Å²) < 4.78 is 6.80. The summed E-state index contributed by atoms with van der Waals surface area (Å²) in [5.41, 5.74) is 2.23. The highest BCUT2D eigenvalue weighted by molar-refractivity contribution is 6.73. The first-order chi connectivity index (χ1) is 11.6. The van der Waals surface area contributed by atoms with Gasteiger partial charge in [-0.2, -0.15) is 0 Å². The molecule has 1 unspecified atom stereocenters. The summed E-state index contributed by atoms with van der Waals surface area (Å²) in [4.78, 5) is 0. The summed E-state index contributed by atoms with van der Waals surface area (Å²) in [6.07, 6.45) is -0.102. The second kappa shape index (κ2) is 9.75. The minimum atomic E-state index is -1.78. The standard InChI is InChI=1S/C20H35Cl2NOSi/c1-8-25(9-2,10-3)24-18(13-23-14-20(5,6)7)19-16(21)11-15(4)12-17(19)22/h11-12,18,23H,8-10,13-14H2,1-7H3. The minimum absolute atomic E-state index is 0.102. The molecule has 2 nitrogen and oxygen atoms in total. The van der Waals surface area contributed by atoms with Crippen LogP contribution in [0.3, 0.4) is 0 Å². The maximum Gasteiger partial charge on any atom is 0.192 e. The first-order valence-corrected chi connectivity index (χ1v) is 12.7. The predicted molar refractivity (Wildman–Crippen MR) is 115 cm³/mol. The summed E-state index contributed by atoms with van der Waals surface area (Å²) in [6, 6.07) is 7.29. The Labute approximate surface area is 165 Å². The number of hydrogen-bond donors (Lipinski definition) is 1. The quantitative estimate of drug-likeness (QED) is 0.447. The fourth-order valence-corrected chi connectivity index (χ4v) is 6.75. The molecule has 0 radical (unpaired) electrons. The zero-order chi connectivity index (χ0) is 19.3. The van der Waals surface area contributed by atoms with Crippen LogP contribution in [0.15, 0.2) is 12.1 Å². The molecule has 0 amide bonds. The van der Waals surface area contributed by atoms with Crippen LogP contribution in [0.25, 0.3) is 0 Å². The van der Waals surface area contributed by atoms with E-state index in [2.05, 4.69) is 46.9 Å². The average Bonchev–Trinajstić information content (AvgIpc) is 2.50. The average molecular weight is 404 g/mol. The molecule has 0 aliphatic rings. The van der Waals surface area contributed by atoms with E-state index in [-0.39, 0.29) is 11.5 Å². The lowest BCUT2D eigenvalue weighted by Crippen LogP contribution is -2.41. The maximum atomic E-state index is 6.80. The highest BCUT2D eigenvalue weighted by atomic mass is 35.5. The molecule has 1 N–H and O–H groups in total. The molecule has 25 heavy (non-hydrogen) atoms. The number of rotatable bonds is 9. The molecule has 1 aromatic rings. The van der Waals surface area contributed by atoms with Crippen LogP contribution < -0.4 is 5.32 Å². The summed E-state index contributed by atoms with van der Waals surface area (Å²) >= 11 is 13.2. The van der Waals surface area contributed by atoms with Gasteiger partial charge in [0, 0.05) is 28.7 Å². The van der Waals surface area contributed by atoms with Crippen molar-refractivity contribution < 1.29 is 4.43 Å². The van der Waals surface area contributed by atoms with Crippen molar-refractivity contribution in [1.29, 1.82) is 0 Å². The third kappa shape index (κ3) is 6.87. The van der Waals surface area contributed by atoms with E-state index in [1.165, 1.54) is 0 Å². The van der Waals surface area contributed by atoms with Crippen LogP contribution in [0.5, 0.6) is 0 Å². The third-order valence-electron chi connectivity index (χ3n) is 4.86. The molecule has 0 saturated carbocycles. The maximum absolute atomic E-state index is 6.80. The Morgan fingerprint density at radius 1 is 1.04 bits per heavy atom. The van der Waals surface area contributed by atoms with E-state index >= 15 is 0 Å². The van der Waals surface area contributed by atoms with Crippen molar-refractivity contribution in [2.24, 2.45) is 5.41 Å². The third-order valence-corrected chi connectivity index (χ3v) is 10.1. The Morgan fingerprint density at radius 2 is 1.52 bits per heavy atom. The Morgan fingerprint density at radius 3 is 1.92 bits per heavy atom. The van der Waals surface area contributed by atoms with Crippen LogP contribution in [0.2, 0.25) is 28.2 Å². The molecule has 1 rings (SSSR count).